The van der Waals surface area contributed by atoms with Crippen LogP contribution >= 0.6 is 11.6 Å². The summed E-state index contributed by atoms with van der Waals surface area (Å²) in [5.41, 5.74) is 0.882. The molecule has 1 aromatic carbocycles. The zero-order valence-electron chi connectivity index (χ0n) is 21.2. The molecule has 0 spiro atoms. The maximum Gasteiger partial charge on any atom is 0.238 e. The van der Waals surface area contributed by atoms with Gasteiger partial charge in [0.15, 0.2) is 0 Å². The molecule has 0 atom stereocenters. The van der Waals surface area contributed by atoms with Gasteiger partial charge in [0.25, 0.3) is 0 Å². The second-order valence-electron chi connectivity index (χ2n) is 9.01. The lowest BCUT2D eigenvalue weighted by atomic mass is 10.0. The number of nitrogens with zero attached hydrogens (tertiary/aromatic N) is 3. The van der Waals surface area contributed by atoms with Gasteiger partial charge < -0.3 is 14.5 Å². The Morgan fingerprint density at radius 1 is 1.17 bits per heavy atom. The molecule has 0 bridgehead atoms. The van der Waals surface area contributed by atoms with Crippen molar-refractivity contribution in [1.29, 1.82) is 0 Å². The molecule has 8 nitrogen and oxygen atoms in total. The Morgan fingerprint density at radius 3 is 2.49 bits per heavy atom. The van der Waals surface area contributed by atoms with E-state index in [9.17, 15) is 18.0 Å². The van der Waals surface area contributed by atoms with E-state index in [2.05, 4.69) is 6.92 Å². The molecule has 0 unspecified atom stereocenters. The summed E-state index contributed by atoms with van der Waals surface area (Å²) in [4.78, 5) is 29.7. The van der Waals surface area contributed by atoms with Crippen molar-refractivity contribution >= 4 is 33.4 Å². The summed E-state index contributed by atoms with van der Waals surface area (Å²) in [5, 5.41) is 0.582. The molecule has 0 radical (unpaired) electrons. The number of methoxy groups -OCH3 is 1. The van der Waals surface area contributed by atoms with E-state index >= 15 is 0 Å². The highest BCUT2D eigenvalue weighted by Crippen LogP contribution is 2.22. The molecule has 1 aliphatic heterocycles. The summed E-state index contributed by atoms with van der Waals surface area (Å²) in [6.07, 6.45) is 4.19. The monoisotopic (exact) mass is 529 g/mol. The van der Waals surface area contributed by atoms with Crippen LogP contribution in [0, 0.1) is 0 Å². The summed E-state index contributed by atoms with van der Waals surface area (Å²) in [7, 11) is -2.07. The second kappa shape index (κ2) is 14.8. The molecular formula is C25H40ClN3O5S. The van der Waals surface area contributed by atoms with Crippen LogP contribution in [-0.4, -0.2) is 86.0 Å². The maximum atomic E-state index is 13.6. The molecule has 10 heteroatoms. The Bertz CT molecular complexity index is 919. The van der Waals surface area contributed by atoms with Crippen molar-refractivity contribution in [2.24, 2.45) is 0 Å². The van der Waals surface area contributed by atoms with Gasteiger partial charge in [-0.3, -0.25) is 9.59 Å². The first-order chi connectivity index (χ1) is 16.7. The number of rotatable bonds is 14. The number of halogens is 1. The molecule has 0 aromatic heterocycles. The summed E-state index contributed by atoms with van der Waals surface area (Å²) in [6.45, 7) is 5.48. The average molecular weight is 530 g/mol. The molecule has 0 saturated carbocycles. The van der Waals surface area contributed by atoms with Gasteiger partial charge >= 0.3 is 0 Å². The Balaban J connectivity index is 2.20. The van der Waals surface area contributed by atoms with Crippen LogP contribution in [0.1, 0.15) is 57.9 Å². The van der Waals surface area contributed by atoms with E-state index in [1.807, 2.05) is 23.1 Å². The fourth-order valence-electron chi connectivity index (χ4n) is 4.30. The summed E-state index contributed by atoms with van der Waals surface area (Å²) >= 11 is 6.18. The number of sulfonamides is 1. The van der Waals surface area contributed by atoms with Crippen molar-refractivity contribution in [3.05, 3.63) is 34.9 Å². The maximum absolute atomic E-state index is 13.6. The van der Waals surface area contributed by atoms with E-state index in [0.29, 0.717) is 50.3 Å². The van der Waals surface area contributed by atoms with E-state index in [1.54, 1.807) is 17.9 Å². The highest BCUT2D eigenvalue weighted by atomic mass is 35.5. The van der Waals surface area contributed by atoms with Crippen molar-refractivity contribution in [2.45, 2.75) is 65.0 Å². The van der Waals surface area contributed by atoms with E-state index in [0.717, 1.165) is 18.4 Å². The fourth-order valence-corrected chi connectivity index (χ4v) is 5.95. The van der Waals surface area contributed by atoms with Gasteiger partial charge in [0, 0.05) is 50.8 Å². The lowest BCUT2D eigenvalue weighted by molar-refractivity contribution is -0.137. The number of amides is 2. The van der Waals surface area contributed by atoms with E-state index in [-0.39, 0.29) is 43.3 Å². The summed E-state index contributed by atoms with van der Waals surface area (Å²) < 4.78 is 32.0. The Kier molecular flexibility index (Phi) is 12.5. The van der Waals surface area contributed by atoms with Crippen LogP contribution in [0.4, 0.5) is 0 Å². The highest BCUT2D eigenvalue weighted by molar-refractivity contribution is 7.89. The molecule has 2 amide bonds. The minimum Gasteiger partial charge on any atom is -0.383 e. The lowest BCUT2D eigenvalue weighted by Crippen LogP contribution is -2.51. The van der Waals surface area contributed by atoms with Gasteiger partial charge in [-0.25, -0.2) is 8.42 Å². The van der Waals surface area contributed by atoms with Crippen molar-refractivity contribution < 1.29 is 22.7 Å². The van der Waals surface area contributed by atoms with Crippen molar-refractivity contribution in [3.63, 3.8) is 0 Å². The van der Waals surface area contributed by atoms with Gasteiger partial charge in [-0.1, -0.05) is 44.0 Å². The predicted octanol–water partition coefficient (Wildman–Crippen LogP) is 3.54. The zero-order valence-corrected chi connectivity index (χ0v) is 22.8. The molecule has 0 aliphatic carbocycles. The quantitative estimate of drug-likeness (QED) is 0.368. The third kappa shape index (κ3) is 9.37. The number of carbonyl (C=O) groups is 2. The van der Waals surface area contributed by atoms with Crippen molar-refractivity contribution in [1.82, 2.24) is 14.1 Å². The summed E-state index contributed by atoms with van der Waals surface area (Å²) in [6, 6.07) is 7.26. The topological polar surface area (TPSA) is 87.2 Å². The fraction of sp³-hybridized carbons (Fsp3) is 0.680. The minimum absolute atomic E-state index is 0.0173. The summed E-state index contributed by atoms with van der Waals surface area (Å²) in [5.74, 6) is -0.109. The van der Waals surface area contributed by atoms with Crippen LogP contribution in [0.5, 0.6) is 0 Å². The molecule has 1 aromatic rings. The predicted molar refractivity (Wildman–Crippen MR) is 139 cm³/mol. The first-order valence-corrected chi connectivity index (χ1v) is 14.5. The standard InChI is InChI=1S/C25H40ClN3O5S/c1-4-6-10-24(30)27-13-11-23(12-14-27)29(19-21-8-7-9-22(26)18-21)25(31)20-28(15-16-34-3)35(32,33)17-5-2/h7-9,18,23H,4-6,10-17,19-20H2,1-3H3. The molecule has 1 saturated heterocycles. The average Bonchev–Trinajstić information content (AvgIpc) is 2.83. The smallest absolute Gasteiger partial charge is 0.238 e. The molecular weight excluding hydrogens is 490 g/mol. The van der Waals surface area contributed by atoms with Crippen LogP contribution in [0.15, 0.2) is 24.3 Å². The molecule has 35 heavy (non-hydrogen) atoms. The van der Waals surface area contributed by atoms with Gasteiger partial charge in [-0.2, -0.15) is 4.31 Å². The SMILES string of the molecule is CCCCC(=O)N1CCC(N(Cc2cccc(Cl)c2)C(=O)CN(CCOC)S(=O)(=O)CCC)CC1. The largest absolute Gasteiger partial charge is 0.383 e. The van der Waals surface area contributed by atoms with Gasteiger partial charge in [-0.05, 0) is 43.4 Å². The number of hydrogen-bond acceptors (Lipinski definition) is 5. The number of piperidine rings is 1. The lowest BCUT2D eigenvalue weighted by Gasteiger charge is -2.39. The molecule has 1 heterocycles. The van der Waals surface area contributed by atoms with Crippen molar-refractivity contribution in [3.8, 4) is 0 Å². The number of hydrogen-bond donors (Lipinski definition) is 0. The van der Waals surface area contributed by atoms with E-state index < -0.39 is 10.0 Å². The number of unbranched alkanes of at least 4 members (excludes halogenated alkanes) is 1. The third-order valence-electron chi connectivity index (χ3n) is 6.28. The number of benzene rings is 1. The number of ether oxygens (including phenoxy) is 1. The highest BCUT2D eigenvalue weighted by Gasteiger charge is 2.32. The van der Waals surface area contributed by atoms with Crippen LogP contribution in [0.3, 0.4) is 0 Å². The van der Waals surface area contributed by atoms with Gasteiger partial charge in [0.1, 0.15) is 0 Å². The van der Waals surface area contributed by atoms with Crippen molar-refractivity contribution in [2.75, 3.05) is 45.6 Å². The number of carbonyl (C=O) groups excluding carboxylic acids is 2. The van der Waals surface area contributed by atoms with Crippen LogP contribution in [-0.2, 0) is 30.9 Å². The molecule has 2 rings (SSSR count). The van der Waals surface area contributed by atoms with Crippen LogP contribution < -0.4 is 0 Å². The van der Waals surface area contributed by atoms with Crippen LogP contribution in [0.2, 0.25) is 5.02 Å². The Hall–Kier alpha value is -1.68. The van der Waals surface area contributed by atoms with Gasteiger partial charge in [0.05, 0.1) is 18.9 Å². The normalized spacial score (nSPS) is 14.9. The first-order valence-electron chi connectivity index (χ1n) is 12.5. The zero-order chi connectivity index (χ0) is 25.8. The molecule has 198 valence electrons. The van der Waals surface area contributed by atoms with E-state index in [4.69, 9.17) is 16.3 Å². The van der Waals surface area contributed by atoms with Gasteiger partial charge in [0.2, 0.25) is 21.8 Å². The second-order valence-corrected chi connectivity index (χ2v) is 11.5. The first kappa shape index (κ1) is 29.5. The molecule has 1 aliphatic rings. The molecule has 0 N–H and O–H groups in total. The van der Waals surface area contributed by atoms with E-state index in [1.165, 1.54) is 11.4 Å². The molecule has 1 fully saturated rings. The van der Waals surface area contributed by atoms with Crippen LogP contribution in [0.25, 0.3) is 0 Å². The Morgan fingerprint density at radius 2 is 1.89 bits per heavy atom. The van der Waals surface area contributed by atoms with Gasteiger partial charge in [-0.15, -0.1) is 0 Å². The number of likely N-dealkylation sites (tertiary alicyclic amines) is 1. The minimum atomic E-state index is -3.58. The third-order valence-corrected chi connectivity index (χ3v) is 8.53. The Labute approximate surface area is 215 Å².